The quantitative estimate of drug-likeness (QED) is 0.0385. The second kappa shape index (κ2) is 23.5. The predicted octanol–water partition coefficient (Wildman–Crippen LogP) is 11.5. The summed E-state index contributed by atoms with van der Waals surface area (Å²) in [6.45, 7) is 3.36. The Labute approximate surface area is 508 Å². The molecule has 2 aromatic heterocycles. The minimum atomic E-state index is -2.57. The predicted molar refractivity (Wildman–Crippen MR) is 328 cm³/mol. The van der Waals surface area contributed by atoms with Crippen LogP contribution >= 0.6 is 70.6 Å². The molecule has 84 heavy (non-hydrogen) atoms. The van der Waals surface area contributed by atoms with E-state index >= 15 is 19.2 Å². The summed E-state index contributed by atoms with van der Waals surface area (Å²) in [4.78, 5) is 101. The maximum atomic E-state index is 15.2. The van der Waals surface area contributed by atoms with E-state index in [1.807, 2.05) is 36.4 Å². The Hall–Kier alpha value is -8.12. The summed E-state index contributed by atoms with van der Waals surface area (Å²) in [6.07, 6.45) is 7.31. The van der Waals surface area contributed by atoms with Gasteiger partial charge in [0.15, 0.2) is 10.1 Å². The summed E-state index contributed by atoms with van der Waals surface area (Å²) in [5, 5.41) is 0.691. The lowest BCUT2D eigenvalue weighted by atomic mass is 9.75. The highest BCUT2D eigenvalue weighted by molar-refractivity contribution is 8.35. The molecular weight excluding hydrogens is 1190 g/mol. The van der Waals surface area contributed by atoms with Crippen LogP contribution in [-0.2, 0) is 94.8 Å². The minimum absolute atomic E-state index is 0.0595. The molecule has 2 saturated heterocycles. The third-order valence-corrected chi connectivity index (χ3v) is 19.1. The van der Waals surface area contributed by atoms with Gasteiger partial charge in [0.25, 0.3) is 11.8 Å². The van der Waals surface area contributed by atoms with E-state index in [0.29, 0.717) is 64.9 Å². The Morgan fingerprint density at radius 3 is 1.10 bits per heavy atom. The van der Waals surface area contributed by atoms with E-state index in [9.17, 15) is 9.59 Å². The zero-order chi connectivity index (χ0) is 58.3. The van der Waals surface area contributed by atoms with Crippen molar-refractivity contribution in [2.45, 2.75) is 51.5 Å². The smallest absolute Gasteiger partial charge is 0.367 e. The summed E-state index contributed by atoms with van der Waals surface area (Å²) < 4.78 is 38.6. The number of nitrogens with zero attached hydrogens (tertiary/aromatic N) is 4. The van der Waals surface area contributed by atoms with Gasteiger partial charge in [0.1, 0.15) is 56.6 Å². The number of thioether (sulfide) groups is 2. The fourth-order valence-corrected chi connectivity index (χ4v) is 15.0. The SMILES string of the molecule is CCN1C(=O)/C(=N/c2cc3c(s2)C2=CC4C=C5OC(C(=O)OCc6ccccc6)(C(=O)OCc6ccccc6)c6cc(/N=C7/SC(=S)N(CC)C7=O)sc6C5=CC4C=C2OC3(C(=O)OCc2ccccc2)C(=O)OCc2ccccc2)SC1=S. The molecule has 0 spiro atoms. The summed E-state index contributed by atoms with van der Waals surface area (Å²) in [5.74, 6) is -5.99. The fraction of sp³-hybridized carbons (Fsp3) is 0.194. The molecule has 6 aromatic rings. The third kappa shape index (κ3) is 10.4. The molecule has 6 heterocycles. The van der Waals surface area contributed by atoms with Crippen LogP contribution in [0.25, 0.3) is 11.1 Å². The number of aliphatic imine (C=N–C) groups is 2. The number of ether oxygens (including phenoxy) is 6. The van der Waals surface area contributed by atoms with E-state index in [1.54, 1.807) is 123 Å². The minimum Gasteiger partial charge on any atom is -0.459 e. The first-order valence-electron chi connectivity index (χ1n) is 26.4. The number of benzene rings is 4. The van der Waals surface area contributed by atoms with Gasteiger partial charge in [0, 0.05) is 57.0 Å². The lowest BCUT2D eigenvalue weighted by Gasteiger charge is -2.41. The third-order valence-electron chi connectivity index (χ3n) is 14.3. The number of hydrogen-bond donors (Lipinski definition) is 0. The molecule has 0 N–H and O–H groups in total. The van der Waals surface area contributed by atoms with Gasteiger partial charge in [-0.25, -0.2) is 29.2 Å². The monoisotopic (exact) mass is 1230 g/mol. The van der Waals surface area contributed by atoms with Gasteiger partial charge in [-0.2, -0.15) is 0 Å². The van der Waals surface area contributed by atoms with E-state index in [0.717, 1.165) is 46.2 Å². The number of esters is 4. The Morgan fingerprint density at radius 2 is 0.810 bits per heavy atom. The average molecular weight is 1230 g/mol. The first-order chi connectivity index (χ1) is 40.8. The number of carbonyl (C=O) groups excluding carboxylic acids is 6. The second-order valence-electron chi connectivity index (χ2n) is 19.5. The summed E-state index contributed by atoms with van der Waals surface area (Å²) in [6, 6.07) is 39.0. The molecule has 16 nitrogen and oxygen atoms in total. The van der Waals surface area contributed by atoms with Crippen molar-refractivity contribution in [1.29, 1.82) is 0 Å². The summed E-state index contributed by atoms with van der Waals surface area (Å²) in [5.41, 5.74) is -1.54. The van der Waals surface area contributed by atoms with Crippen molar-refractivity contribution >= 4 is 146 Å². The zero-order valence-corrected chi connectivity index (χ0v) is 49.4. The van der Waals surface area contributed by atoms with Gasteiger partial charge in [-0.1, -0.05) is 158 Å². The fourth-order valence-electron chi connectivity index (χ4n) is 10.1. The van der Waals surface area contributed by atoms with Crippen molar-refractivity contribution in [3.8, 4) is 0 Å². The Balaban J connectivity index is 1.00. The molecule has 6 aliphatic rings. The highest BCUT2D eigenvalue weighted by Crippen LogP contribution is 2.57. The van der Waals surface area contributed by atoms with Gasteiger partial charge in [-0.3, -0.25) is 19.4 Å². The van der Waals surface area contributed by atoms with Crippen LogP contribution in [0.1, 0.15) is 57.0 Å². The van der Waals surface area contributed by atoms with E-state index in [1.165, 1.54) is 21.9 Å². The highest BCUT2D eigenvalue weighted by atomic mass is 32.2. The molecule has 2 amide bonds. The van der Waals surface area contributed by atoms with Crippen LogP contribution in [0.15, 0.2) is 179 Å². The molecule has 422 valence electrons. The maximum absolute atomic E-state index is 15.2. The molecule has 12 rings (SSSR count). The largest absolute Gasteiger partial charge is 0.459 e. The topological polar surface area (TPSA) is 189 Å². The van der Waals surface area contributed by atoms with Crippen LogP contribution in [-0.4, -0.2) is 77.3 Å². The zero-order valence-electron chi connectivity index (χ0n) is 44.5. The summed E-state index contributed by atoms with van der Waals surface area (Å²) >= 11 is 15.3. The molecule has 4 aromatic carbocycles. The molecule has 2 atom stereocenters. The molecule has 0 saturated carbocycles. The van der Waals surface area contributed by atoms with Crippen molar-refractivity contribution in [2.75, 3.05) is 13.1 Å². The second-order valence-corrected chi connectivity index (χ2v) is 24.8. The van der Waals surface area contributed by atoms with Crippen molar-refractivity contribution < 1.29 is 57.2 Å². The number of amides is 2. The van der Waals surface area contributed by atoms with Crippen molar-refractivity contribution in [3.63, 3.8) is 0 Å². The maximum Gasteiger partial charge on any atom is 0.367 e. The van der Waals surface area contributed by atoms with Gasteiger partial charge in [0.05, 0.1) is 0 Å². The van der Waals surface area contributed by atoms with Gasteiger partial charge in [-0.15, -0.1) is 22.7 Å². The molecule has 2 aliphatic carbocycles. The molecule has 22 heteroatoms. The van der Waals surface area contributed by atoms with Gasteiger partial charge < -0.3 is 28.4 Å². The number of thiophene rings is 2. The number of fused-ring (bicyclic) bond motifs is 7. The normalized spacial score (nSPS) is 19.7. The Kier molecular flexibility index (Phi) is 15.8. The Bertz CT molecular complexity index is 3560. The number of hydrogen-bond acceptors (Lipinski definition) is 20. The molecule has 2 unspecified atom stereocenters. The van der Waals surface area contributed by atoms with Crippen LogP contribution in [0.2, 0.25) is 0 Å². The lowest BCUT2D eigenvalue weighted by Crippen LogP contribution is -2.51. The first-order valence-corrected chi connectivity index (χ1v) is 30.5. The molecule has 4 aliphatic heterocycles. The first kappa shape index (κ1) is 56.4. The van der Waals surface area contributed by atoms with Crippen LogP contribution in [0, 0.1) is 11.8 Å². The van der Waals surface area contributed by atoms with Crippen molar-refractivity contribution in [1.82, 2.24) is 9.80 Å². The van der Waals surface area contributed by atoms with Crippen LogP contribution < -0.4 is 0 Å². The van der Waals surface area contributed by atoms with E-state index in [-0.39, 0.29) is 69.2 Å². The van der Waals surface area contributed by atoms with E-state index in [4.69, 9.17) is 62.8 Å². The summed E-state index contributed by atoms with van der Waals surface area (Å²) in [7, 11) is 0. The van der Waals surface area contributed by atoms with Crippen LogP contribution in [0.5, 0.6) is 0 Å². The van der Waals surface area contributed by atoms with Gasteiger partial charge in [-0.05, 0) is 83.9 Å². The van der Waals surface area contributed by atoms with Crippen molar-refractivity contribution in [3.05, 3.63) is 212 Å². The molecule has 2 fully saturated rings. The lowest BCUT2D eigenvalue weighted by molar-refractivity contribution is -0.191. The number of carbonyl (C=O) groups is 6. The highest BCUT2D eigenvalue weighted by Gasteiger charge is 2.62. The molecular formula is C62H46N4O12S6. The number of rotatable bonds is 16. The van der Waals surface area contributed by atoms with Crippen LogP contribution in [0.4, 0.5) is 10.0 Å². The van der Waals surface area contributed by atoms with E-state index in [2.05, 4.69) is 0 Å². The van der Waals surface area contributed by atoms with E-state index < -0.39 is 58.7 Å². The van der Waals surface area contributed by atoms with Crippen LogP contribution in [0.3, 0.4) is 0 Å². The standard InChI is InChI=1S/C62H46N4O12S6/c1-3-65-53(67)51(83-59(65)79)63-47-29-43-49(81-47)41-25-39-28-46-42(26-40(39)27-45(41)77-61(43,55(69)73-31-35-17-9-5-10-18-35)56(70)74-32-36-19-11-6-12-20-36)50-44(30-48(82-50)64-52-54(68)66(4-2)60(80)84-52)62(78-46,57(71)75-33-37-21-13-7-14-22-37)58(72)76-34-38-23-15-8-16-24-38/h5-30,39-40H,3-4,31-34H2,1-2H3/b63-51-,64-52+. The van der Waals surface area contributed by atoms with Crippen molar-refractivity contribution in [2.24, 2.45) is 21.8 Å². The van der Waals surface area contributed by atoms with Gasteiger partial charge in [0.2, 0.25) is 0 Å². The average Bonchev–Trinajstić information content (AvgIpc) is 1.40. The Morgan fingerprint density at radius 1 is 0.500 bits per heavy atom. The molecule has 0 radical (unpaired) electrons. The number of allylic oxidation sites excluding steroid dienone is 6. The molecule has 0 bridgehead atoms. The van der Waals surface area contributed by atoms with Gasteiger partial charge >= 0.3 is 35.1 Å². The number of thiocarbonyl (C=S) groups is 2.